The highest BCUT2D eigenvalue weighted by molar-refractivity contribution is 14.1. The summed E-state index contributed by atoms with van der Waals surface area (Å²) in [5.74, 6) is 0.162. The van der Waals surface area contributed by atoms with Crippen LogP contribution in [-0.4, -0.2) is 23.9 Å². The lowest BCUT2D eigenvalue weighted by atomic mass is 10.1. The standard InChI is InChI=1S/C17H10I2N2O5/c1-25-15-10(6-11(18)8-13(15)19)7-14-17(22)26-16(20-14)9-2-4-12(5-3-9)21(23)24/h2-8H,1H3/b14-7-. The summed E-state index contributed by atoms with van der Waals surface area (Å²) in [5, 5.41) is 10.7. The predicted octanol–water partition coefficient (Wildman–Crippen LogP) is 4.16. The number of nitrogens with zero attached hydrogens (tertiary/aromatic N) is 2. The van der Waals surface area contributed by atoms with Gasteiger partial charge in [-0.15, -0.1) is 0 Å². The minimum atomic E-state index is -0.589. The second-order valence-electron chi connectivity index (χ2n) is 5.15. The number of hydrogen-bond donors (Lipinski definition) is 0. The van der Waals surface area contributed by atoms with E-state index in [9.17, 15) is 14.9 Å². The molecule has 2 aromatic rings. The summed E-state index contributed by atoms with van der Waals surface area (Å²) in [5.41, 5.74) is 1.28. The van der Waals surface area contributed by atoms with E-state index in [1.165, 1.54) is 24.3 Å². The van der Waals surface area contributed by atoms with Gasteiger partial charge in [-0.25, -0.2) is 9.79 Å². The van der Waals surface area contributed by atoms with E-state index >= 15 is 0 Å². The Balaban J connectivity index is 1.98. The number of carbonyl (C=O) groups excluding carboxylic acids is 1. The van der Waals surface area contributed by atoms with Crippen molar-refractivity contribution in [3.05, 3.63) is 70.5 Å². The number of non-ortho nitro benzene ring substituents is 1. The molecule has 132 valence electrons. The summed E-state index contributed by atoms with van der Waals surface area (Å²) < 4.78 is 12.5. The fraction of sp³-hybridized carbons (Fsp3) is 0.0588. The quantitative estimate of drug-likeness (QED) is 0.180. The van der Waals surface area contributed by atoms with E-state index in [-0.39, 0.29) is 17.3 Å². The highest BCUT2D eigenvalue weighted by Gasteiger charge is 2.25. The number of benzene rings is 2. The molecule has 3 rings (SSSR count). The maximum atomic E-state index is 12.1. The minimum Gasteiger partial charge on any atom is -0.495 e. The van der Waals surface area contributed by atoms with E-state index in [0.717, 1.165) is 7.14 Å². The van der Waals surface area contributed by atoms with E-state index in [0.29, 0.717) is 16.9 Å². The Hall–Kier alpha value is -2.02. The Labute approximate surface area is 175 Å². The smallest absolute Gasteiger partial charge is 0.363 e. The Morgan fingerprint density at radius 1 is 1.23 bits per heavy atom. The first-order chi connectivity index (χ1) is 12.4. The molecule has 0 saturated carbocycles. The molecule has 0 aromatic heterocycles. The zero-order chi connectivity index (χ0) is 18.8. The van der Waals surface area contributed by atoms with Crippen LogP contribution in [-0.2, 0) is 9.53 Å². The topological polar surface area (TPSA) is 91.0 Å². The van der Waals surface area contributed by atoms with Crippen LogP contribution in [0, 0.1) is 17.3 Å². The number of hydrogen-bond acceptors (Lipinski definition) is 6. The summed E-state index contributed by atoms with van der Waals surface area (Å²) >= 11 is 4.34. The third-order valence-corrected chi connectivity index (χ3v) is 4.90. The van der Waals surface area contributed by atoms with Crippen molar-refractivity contribution < 1.29 is 19.2 Å². The Morgan fingerprint density at radius 3 is 2.54 bits per heavy atom. The lowest BCUT2D eigenvalue weighted by molar-refractivity contribution is -0.384. The van der Waals surface area contributed by atoms with Crippen molar-refractivity contribution >= 4 is 68.8 Å². The van der Waals surface area contributed by atoms with Crippen molar-refractivity contribution in [2.24, 2.45) is 4.99 Å². The van der Waals surface area contributed by atoms with Gasteiger partial charge in [-0.2, -0.15) is 0 Å². The van der Waals surface area contributed by atoms with Crippen molar-refractivity contribution in [1.29, 1.82) is 0 Å². The number of cyclic esters (lactones) is 1. The van der Waals surface area contributed by atoms with Gasteiger partial charge in [-0.3, -0.25) is 10.1 Å². The van der Waals surface area contributed by atoms with Crippen molar-refractivity contribution in [1.82, 2.24) is 0 Å². The van der Waals surface area contributed by atoms with Crippen LogP contribution in [0.25, 0.3) is 6.08 Å². The molecule has 0 N–H and O–H groups in total. The fourth-order valence-electron chi connectivity index (χ4n) is 2.31. The molecule has 7 nitrogen and oxygen atoms in total. The number of halogens is 2. The van der Waals surface area contributed by atoms with Crippen LogP contribution < -0.4 is 4.74 Å². The third-order valence-electron chi connectivity index (χ3n) is 3.48. The second-order valence-corrected chi connectivity index (χ2v) is 7.56. The van der Waals surface area contributed by atoms with Crippen LogP contribution in [0.2, 0.25) is 0 Å². The van der Waals surface area contributed by atoms with Crippen molar-refractivity contribution in [2.45, 2.75) is 0 Å². The number of nitro benzene ring substituents is 1. The number of esters is 1. The first kappa shape index (κ1) is 18.8. The predicted molar refractivity (Wildman–Crippen MR) is 112 cm³/mol. The first-order valence-electron chi connectivity index (χ1n) is 7.19. The largest absolute Gasteiger partial charge is 0.495 e. The van der Waals surface area contributed by atoms with Crippen LogP contribution in [0.3, 0.4) is 0 Å². The van der Waals surface area contributed by atoms with E-state index < -0.39 is 10.9 Å². The highest BCUT2D eigenvalue weighted by atomic mass is 127. The van der Waals surface area contributed by atoms with Gasteiger partial charge in [0.2, 0.25) is 5.90 Å². The summed E-state index contributed by atoms with van der Waals surface area (Å²) in [6.07, 6.45) is 1.60. The summed E-state index contributed by atoms with van der Waals surface area (Å²) in [6, 6.07) is 9.47. The molecule has 0 unspecified atom stereocenters. The molecule has 9 heteroatoms. The van der Waals surface area contributed by atoms with Gasteiger partial charge in [-0.1, -0.05) is 0 Å². The average molecular weight is 576 g/mol. The molecule has 0 spiro atoms. The van der Waals surface area contributed by atoms with Gasteiger partial charge >= 0.3 is 5.97 Å². The molecule has 0 radical (unpaired) electrons. The number of ether oxygens (including phenoxy) is 2. The number of aliphatic imine (C=N–C) groups is 1. The molecule has 1 heterocycles. The molecular weight excluding hydrogens is 566 g/mol. The molecule has 26 heavy (non-hydrogen) atoms. The number of rotatable bonds is 4. The van der Waals surface area contributed by atoms with Gasteiger partial charge in [0, 0.05) is 26.8 Å². The molecule has 0 atom stereocenters. The summed E-state index contributed by atoms with van der Waals surface area (Å²) in [4.78, 5) is 26.6. The normalized spacial score (nSPS) is 15.0. The van der Waals surface area contributed by atoms with Crippen molar-refractivity contribution in [3.8, 4) is 5.75 Å². The van der Waals surface area contributed by atoms with E-state index in [1.54, 1.807) is 13.2 Å². The third kappa shape index (κ3) is 3.87. The second kappa shape index (κ2) is 7.70. The Bertz CT molecular complexity index is 968. The first-order valence-corrected chi connectivity index (χ1v) is 9.35. The molecule has 0 bridgehead atoms. The van der Waals surface area contributed by atoms with Crippen LogP contribution in [0.5, 0.6) is 5.75 Å². The molecule has 1 aliphatic heterocycles. The maximum Gasteiger partial charge on any atom is 0.363 e. The van der Waals surface area contributed by atoms with Crippen LogP contribution in [0.1, 0.15) is 11.1 Å². The van der Waals surface area contributed by atoms with Gasteiger partial charge in [0.05, 0.1) is 15.6 Å². The van der Waals surface area contributed by atoms with E-state index in [2.05, 4.69) is 50.2 Å². The van der Waals surface area contributed by atoms with Crippen LogP contribution in [0.15, 0.2) is 47.1 Å². The zero-order valence-corrected chi connectivity index (χ0v) is 17.5. The molecule has 1 aliphatic rings. The van der Waals surface area contributed by atoms with Gasteiger partial charge in [-0.05, 0) is 75.5 Å². The Morgan fingerprint density at radius 2 is 1.92 bits per heavy atom. The van der Waals surface area contributed by atoms with Crippen LogP contribution in [0.4, 0.5) is 5.69 Å². The van der Waals surface area contributed by atoms with Gasteiger partial charge in [0.1, 0.15) is 5.75 Å². The highest BCUT2D eigenvalue weighted by Crippen LogP contribution is 2.31. The number of methoxy groups -OCH3 is 1. The lowest BCUT2D eigenvalue weighted by Gasteiger charge is -2.08. The minimum absolute atomic E-state index is 0.0485. The van der Waals surface area contributed by atoms with E-state index in [1.807, 2.05) is 12.1 Å². The molecule has 0 fully saturated rings. The Kier molecular flexibility index (Phi) is 5.55. The van der Waals surface area contributed by atoms with Gasteiger partial charge in [0.15, 0.2) is 5.70 Å². The molecule has 0 amide bonds. The summed E-state index contributed by atoms with van der Waals surface area (Å²) in [7, 11) is 1.56. The SMILES string of the molecule is COc1c(I)cc(I)cc1/C=C1\N=C(c2ccc([N+](=O)[O-])cc2)OC1=O. The average Bonchev–Trinajstić information content (AvgIpc) is 2.95. The zero-order valence-electron chi connectivity index (χ0n) is 13.2. The number of carbonyl (C=O) groups is 1. The molecule has 0 aliphatic carbocycles. The lowest BCUT2D eigenvalue weighted by Crippen LogP contribution is -2.05. The monoisotopic (exact) mass is 576 g/mol. The van der Waals surface area contributed by atoms with Crippen LogP contribution >= 0.6 is 45.2 Å². The summed E-state index contributed by atoms with van der Waals surface area (Å²) in [6.45, 7) is 0. The van der Waals surface area contributed by atoms with Gasteiger partial charge in [0.25, 0.3) is 5.69 Å². The maximum absolute atomic E-state index is 12.1. The van der Waals surface area contributed by atoms with E-state index in [4.69, 9.17) is 9.47 Å². The molecule has 0 saturated heterocycles. The number of nitro groups is 1. The van der Waals surface area contributed by atoms with Crippen molar-refractivity contribution in [2.75, 3.05) is 7.11 Å². The fourth-order valence-corrected chi connectivity index (χ4v) is 4.42. The van der Waals surface area contributed by atoms with Crippen molar-refractivity contribution in [3.63, 3.8) is 0 Å². The molecule has 2 aromatic carbocycles. The molecular formula is C17H10I2N2O5. The van der Waals surface area contributed by atoms with Gasteiger partial charge < -0.3 is 9.47 Å².